The molecule has 142 valence electrons. The number of ketones is 1. The predicted molar refractivity (Wildman–Crippen MR) is 110 cm³/mol. The predicted octanol–water partition coefficient (Wildman–Crippen LogP) is 5.53. The molecule has 0 atom stereocenters. The fourth-order valence-corrected chi connectivity index (χ4v) is 4.52. The lowest BCUT2D eigenvalue weighted by Gasteiger charge is -2.29. The first-order valence-corrected chi connectivity index (χ1v) is 10.5. The van der Waals surface area contributed by atoms with E-state index < -0.39 is 0 Å². The molecule has 0 aliphatic heterocycles. The molecule has 26 heavy (non-hydrogen) atoms. The van der Waals surface area contributed by atoms with Gasteiger partial charge in [-0.3, -0.25) is 4.79 Å². The van der Waals surface area contributed by atoms with Crippen LogP contribution in [0.3, 0.4) is 0 Å². The average molecular weight is 355 g/mol. The maximum Gasteiger partial charge on any atom is 0.161 e. The minimum atomic E-state index is 0.157. The first kappa shape index (κ1) is 19.2. The van der Waals surface area contributed by atoms with Crippen LogP contribution >= 0.6 is 0 Å². The fourth-order valence-electron chi connectivity index (χ4n) is 4.52. The summed E-state index contributed by atoms with van der Waals surface area (Å²) >= 11 is 0. The van der Waals surface area contributed by atoms with Gasteiger partial charge in [0.05, 0.1) is 0 Å². The second-order valence-electron chi connectivity index (χ2n) is 7.97. The topological polar surface area (TPSA) is 25.2 Å². The van der Waals surface area contributed by atoms with Crippen LogP contribution in [0.5, 0.6) is 0 Å². The largest absolute Gasteiger partial charge is 0.347 e. The number of carbonyl (C=O) groups excluding carboxylic acids is 1. The third kappa shape index (κ3) is 4.76. The zero-order chi connectivity index (χ0) is 18.4. The fraction of sp³-hybridized carbons (Fsp3) is 0.609. The van der Waals surface area contributed by atoms with Crippen molar-refractivity contribution < 1.29 is 4.79 Å². The summed E-state index contributed by atoms with van der Waals surface area (Å²) in [6, 6.07) is 8.28. The van der Waals surface area contributed by atoms with Gasteiger partial charge in [-0.2, -0.15) is 0 Å². The van der Waals surface area contributed by atoms with Crippen LogP contribution < -0.4 is 0 Å². The zero-order valence-electron chi connectivity index (χ0n) is 16.5. The first-order chi connectivity index (χ1) is 12.7. The Balaban J connectivity index is 1.60. The SMILES string of the molecule is CCCN(CCCn1cc(C(C)=O)c2ccccc21)CC1CCCCC1. The number of aryl methyl sites for hydroxylation is 1. The number of aromatic nitrogens is 1. The Bertz CT molecular complexity index is 712. The van der Waals surface area contributed by atoms with Gasteiger partial charge in [-0.05, 0) is 57.7 Å². The van der Waals surface area contributed by atoms with Gasteiger partial charge < -0.3 is 9.47 Å². The van der Waals surface area contributed by atoms with Crippen molar-refractivity contribution in [3.63, 3.8) is 0 Å². The van der Waals surface area contributed by atoms with Crippen LogP contribution in [0.25, 0.3) is 10.9 Å². The second kappa shape index (κ2) is 9.36. The van der Waals surface area contributed by atoms with Gasteiger partial charge in [0, 0.05) is 35.8 Å². The smallest absolute Gasteiger partial charge is 0.161 e. The molecular formula is C23H34N2O. The van der Waals surface area contributed by atoms with Crippen molar-refractivity contribution in [3.05, 3.63) is 36.0 Å². The van der Waals surface area contributed by atoms with Crippen molar-refractivity contribution in [1.29, 1.82) is 0 Å². The molecule has 3 heteroatoms. The summed E-state index contributed by atoms with van der Waals surface area (Å²) in [6.45, 7) is 8.58. The minimum absolute atomic E-state index is 0.157. The van der Waals surface area contributed by atoms with Crippen LogP contribution in [0.2, 0.25) is 0 Å². The monoisotopic (exact) mass is 354 g/mol. The van der Waals surface area contributed by atoms with E-state index in [9.17, 15) is 4.79 Å². The molecule has 0 unspecified atom stereocenters. The van der Waals surface area contributed by atoms with Gasteiger partial charge in [-0.25, -0.2) is 0 Å². The van der Waals surface area contributed by atoms with Crippen molar-refractivity contribution >= 4 is 16.7 Å². The third-order valence-corrected chi connectivity index (χ3v) is 5.82. The Labute approximate surface area is 158 Å². The number of nitrogens with zero attached hydrogens (tertiary/aromatic N) is 2. The summed E-state index contributed by atoms with van der Waals surface area (Å²) in [5, 5.41) is 1.09. The molecule has 1 aromatic carbocycles. The van der Waals surface area contributed by atoms with Crippen LogP contribution in [0.15, 0.2) is 30.5 Å². The third-order valence-electron chi connectivity index (χ3n) is 5.82. The summed E-state index contributed by atoms with van der Waals surface area (Å²) in [4.78, 5) is 14.6. The molecule has 0 N–H and O–H groups in total. The molecule has 3 nitrogen and oxygen atoms in total. The average Bonchev–Trinajstić information content (AvgIpc) is 3.02. The van der Waals surface area contributed by atoms with Gasteiger partial charge in [0.15, 0.2) is 5.78 Å². The van der Waals surface area contributed by atoms with Gasteiger partial charge in [-0.15, -0.1) is 0 Å². The molecule has 0 saturated heterocycles. The Hall–Kier alpha value is -1.61. The lowest BCUT2D eigenvalue weighted by molar-refractivity contribution is 0.101. The van der Waals surface area contributed by atoms with E-state index in [0.29, 0.717) is 0 Å². The maximum absolute atomic E-state index is 11.9. The molecule has 1 aliphatic rings. The number of para-hydroxylation sites is 1. The lowest BCUT2D eigenvalue weighted by Crippen LogP contribution is -2.32. The normalized spacial score (nSPS) is 15.8. The van der Waals surface area contributed by atoms with Crippen LogP contribution in [0, 0.1) is 5.92 Å². The van der Waals surface area contributed by atoms with Crippen LogP contribution in [0.4, 0.5) is 0 Å². The minimum Gasteiger partial charge on any atom is -0.347 e. The van der Waals surface area contributed by atoms with Crippen molar-refractivity contribution in [3.8, 4) is 0 Å². The molecule has 1 saturated carbocycles. The number of carbonyl (C=O) groups is 1. The molecule has 2 aromatic rings. The van der Waals surface area contributed by atoms with Crippen LogP contribution in [-0.2, 0) is 6.54 Å². The van der Waals surface area contributed by atoms with Crippen LogP contribution in [-0.4, -0.2) is 34.9 Å². The molecule has 1 aliphatic carbocycles. The van der Waals surface area contributed by atoms with E-state index in [1.807, 2.05) is 6.07 Å². The van der Waals surface area contributed by atoms with E-state index >= 15 is 0 Å². The lowest BCUT2D eigenvalue weighted by atomic mass is 9.89. The number of fused-ring (bicyclic) bond motifs is 1. The molecule has 1 heterocycles. The van der Waals surface area contributed by atoms with E-state index in [1.54, 1.807) is 6.92 Å². The molecule has 0 spiro atoms. The van der Waals surface area contributed by atoms with Crippen molar-refractivity contribution in [2.45, 2.75) is 65.3 Å². The molecule has 0 radical (unpaired) electrons. The Morgan fingerprint density at radius 3 is 2.65 bits per heavy atom. The highest BCUT2D eigenvalue weighted by molar-refractivity contribution is 6.06. The second-order valence-corrected chi connectivity index (χ2v) is 7.97. The number of hydrogen-bond acceptors (Lipinski definition) is 2. The molecule has 3 rings (SSSR count). The summed E-state index contributed by atoms with van der Waals surface area (Å²) in [6.07, 6.45) is 11.6. The van der Waals surface area contributed by atoms with Crippen molar-refractivity contribution in [1.82, 2.24) is 9.47 Å². The van der Waals surface area contributed by atoms with E-state index in [2.05, 4.69) is 40.8 Å². The van der Waals surface area contributed by atoms with Gasteiger partial charge in [-0.1, -0.05) is 44.4 Å². The molecule has 1 aromatic heterocycles. The van der Waals surface area contributed by atoms with Gasteiger partial charge in [0.25, 0.3) is 0 Å². The van der Waals surface area contributed by atoms with Crippen molar-refractivity contribution in [2.75, 3.05) is 19.6 Å². The Morgan fingerprint density at radius 2 is 1.92 bits per heavy atom. The summed E-state index contributed by atoms with van der Waals surface area (Å²) in [5.74, 6) is 1.07. The van der Waals surface area contributed by atoms with E-state index in [4.69, 9.17) is 0 Å². The molecular weight excluding hydrogens is 320 g/mol. The number of Topliss-reactive ketones (excluding diaryl/α,β-unsaturated/α-hetero) is 1. The van der Waals surface area contributed by atoms with Crippen molar-refractivity contribution in [2.24, 2.45) is 5.92 Å². The quantitative estimate of drug-likeness (QED) is 0.553. The Morgan fingerprint density at radius 1 is 1.15 bits per heavy atom. The van der Waals surface area contributed by atoms with Gasteiger partial charge >= 0.3 is 0 Å². The maximum atomic E-state index is 11.9. The van der Waals surface area contributed by atoms with Gasteiger partial charge in [0.1, 0.15) is 0 Å². The molecule has 0 amide bonds. The standard InChI is InChI=1S/C23H34N2O/c1-3-14-24(17-20-10-5-4-6-11-20)15-9-16-25-18-22(19(2)26)21-12-7-8-13-23(21)25/h7-8,12-13,18,20H,3-6,9-11,14-17H2,1-2H3. The van der Waals surface area contributed by atoms with E-state index in [0.717, 1.165) is 36.4 Å². The number of rotatable bonds is 9. The van der Waals surface area contributed by atoms with E-state index in [-0.39, 0.29) is 5.78 Å². The van der Waals surface area contributed by atoms with Gasteiger partial charge in [0.2, 0.25) is 0 Å². The highest BCUT2D eigenvalue weighted by Crippen LogP contribution is 2.25. The Kier molecular flexibility index (Phi) is 6.90. The number of benzene rings is 1. The number of hydrogen-bond donors (Lipinski definition) is 0. The zero-order valence-corrected chi connectivity index (χ0v) is 16.5. The summed E-state index contributed by atoms with van der Waals surface area (Å²) in [7, 11) is 0. The summed E-state index contributed by atoms with van der Waals surface area (Å²) in [5.41, 5.74) is 2.04. The van der Waals surface area contributed by atoms with Crippen LogP contribution in [0.1, 0.15) is 69.2 Å². The highest BCUT2D eigenvalue weighted by Gasteiger charge is 2.17. The van der Waals surface area contributed by atoms with E-state index in [1.165, 1.54) is 57.1 Å². The first-order valence-electron chi connectivity index (χ1n) is 10.5. The molecule has 1 fully saturated rings. The highest BCUT2D eigenvalue weighted by atomic mass is 16.1. The molecule has 0 bridgehead atoms. The summed E-state index contributed by atoms with van der Waals surface area (Å²) < 4.78 is 2.27.